The predicted octanol–water partition coefficient (Wildman–Crippen LogP) is 2.26. The lowest BCUT2D eigenvalue weighted by molar-refractivity contribution is -0.113. The highest BCUT2D eigenvalue weighted by Crippen LogP contribution is 2.22. The van der Waals surface area contributed by atoms with Crippen molar-refractivity contribution in [2.45, 2.75) is 5.22 Å². The molecular formula is C14H11N5O2S. The second-order valence-corrected chi connectivity index (χ2v) is 5.09. The van der Waals surface area contributed by atoms with Crippen LogP contribution in [0.4, 0.5) is 5.82 Å². The molecule has 22 heavy (non-hydrogen) atoms. The van der Waals surface area contributed by atoms with Crippen molar-refractivity contribution in [2.24, 2.45) is 0 Å². The normalized spacial score (nSPS) is 10.4. The molecule has 0 aliphatic carbocycles. The lowest BCUT2D eigenvalue weighted by Crippen LogP contribution is -2.14. The van der Waals surface area contributed by atoms with E-state index in [0.29, 0.717) is 16.9 Å². The molecule has 3 aromatic heterocycles. The molecular weight excluding hydrogens is 302 g/mol. The monoisotopic (exact) mass is 313 g/mol. The molecule has 3 aromatic rings. The van der Waals surface area contributed by atoms with Gasteiger partial charge in [-0.3, -0.25) is 9.78 Å². The number of carbonyl (C=O) groups is 1. The van der Waals surface area contributed by atoms with Crippen molar-refractivity contribution in [1.82, 2.24) is 20.2 Å². The lowest BCUT2D eigenvalue weighted by Gasteiger charge is -2.01. The zero-order chi connectivity index (χ0) is 15.2. The van der Waals surface area contributed by atoms with Crippen molar-refractivity contribution in [2.75, 3.05) is 11.1 Å². The summed E-state index contributed by atoms with van der Waals surface area (Å²) in [5.41, 5.74) is 0.785. The maximum Gasteiger partial charge on any atom is 0.277 e. The summed E-state index contributed by atoms with van der Waals surface area (Å²) in [6.45, 7) is 0. The minimum Gasteiger partial charge on any atom is -0.411 e. The van der Waals surface area contributed by atoms with E-state index >= 15 is 0 Å². The largest absolute Gasteiger partial charge is 0.411 e. The average Bonchev–Trinajstić information content (AvgIpc) is 3.04. The van der Waals surface area contributed by atoms with E-state index < -0.39 is 0 Å². The summed E-state index contributed by atoms with van der Waals surface area (Å²) >= 11 is 1.17. The standard InChI is InChI=1S/C14H11N5O2S/c20-12(17-11-3-1-2-6-16-11)9-22-14-19-18-13(21-14)10-4-7-15-8-5-10/h1-8H,9H2,(H,16,17,20). The summed E-state index contributed by atoms with van der Waals surface area (Å²) in [5, 5.41) is 10.9. The zero-order valence-electron chi connectivity index (χ0n) is 11.3. The Labute approximate surface area is 130 Å². The number of hydrogen-bond acceptors (Lipinski definition) is 7. The Hall–Kier alpha value is -2.74. The molecule has 0 unspecified atom stereocenters. The van der Waals surface area contributed by atoms with Gasteiger partial charge in [-0.15, -0.1) is 10.2 Å². The number of amides is 1. The van der Waals surface area contributed by atoms with Gasteiger partial charge in [-0.05, 0) is 24.3 Å². The lowest BCUT2D eigenvalue weighted by atomic mass is 10.3. The van der Waals surface area contributed by atoms with Gasteiger partial charge in [0.2, 0.25) is 11.8 Å². The van der Waals surface area contributed by atoms with Gasteiger partial charge in [0.1, 0.15) is 5.82 Å². The molecule has 0 spiro atoms. The summed E-state index contributed by atoms with van der Waals surface area (Å²) in [4.78, 5) is 19.7. The van der Waals surface area contributed by atoms with Crippen LogP contribution in [0.3, 0.4) is 0 Å². The third-order valence-electron chi connectivity index (χ3n) is 2.59. The van der Waals surface area contributed by atoms with E-state index in [1.165, 1.54) is 11.8 Å². The third kappa shape index (κ3) is 3.67. The van der Waals surface area contributed by atoms with Crippen molar-refractivity contribution < 1.29 is 9.21 Å². The Morgan fingerprint density at radius 2 is 2.00 bits per heavy atom. The fourth-order valence-corrected chi connectivity index (χ4v) is 2.19. The molecule has 0 aliphatic heterocycles. The molecule has 0 saturated heterocycles. The molecule has 1 amide bonds. The summed E-state index contributed by atoms with van der Waals surface area (Å²) in [5.74, 6) is 0.882. The van der Waals surface area contributed by atoms with Crippen molar-refractivity contribution in [3.8, 4) is 11.5 Å². The van der Waals surface area contributed by atoms with Gasteiger partial charge in [0.05, 0.1) is 5.75 Å². The van der Waals surface area contributed by atoms with Gasteiger partial charge in [0, 0.05) is 24.2 Å². The first-order valence-electron chi connectivity index (χ1n) is 6.39. The Bertz CT molecular complexity index is 748. The van der Waals surface area contributed by atoms with Crippen LogP contribution >= 0.6 is 11.8 Å². The van der Waals surface area contributed by atoms with Crippen molar-refractivity contribution in [1.29, 1.82) is 0 Å². The van der Waals surface area contributed by atoms with Gasteiger partial charge in [0.15, 0.2) is 0 Å². The van der Waals surface area contributed by atoms with Gasteiger partial charge >= 0.3 is 0 Å². The Balaban J connectivity index is 1.56. The number of rotatable bonds is 5. The Morgan fingerprint density at radius 1 is 1.14 bits per heavy atom. The number of aromatic nitrogens is 4. The Morgan fingerprint density at radius 3 is 2.77 bits per heavy atom. The number of hydrogen-bond donors (Lipinski definition) is 1. The summed E-state index contributed by atoms with van der Waals surface area (Å²) in [6.07, 6.45) is 4.90. The van der Waals surface area contributed by atoms with E-state index in [0.717, 1.165) is 5.56 Å². The molecule has 0 radical (unpaired) electrons. The molecule has 0 bridgehead atoms. The summed E-state index contributed by atoms with van der Waals surface area (Å²) < 4.78 is 5.49. The smallest absolute Gasteiger partial charge is 0.277 e. The van der Waals surface area contributed by atoms with Gasteiger partial charge in [-0.1, -0.05) is 17.8 Å². The molecule has 0 aromatic carbocycles. The van der Waals surface area contributed by atoms with Crippen LogP contribution in [0, 0.1) is 0 Å². The molecule has 3 heterocycles. The zero-order valence-corrected chi connectivity index (χ0v) is 12.2. The fourth-order valence-electron chi connectivity index (χ4n) is 1.62. The highest BCUT2D eigenvalue weighted by Gasteiger charge is 2.11. The SMILES string of the molecule is O=C(CSc1nnc(-c2ccncc2)o1)Nc1ccccn1. The van der Waals surface area contributed by atoms with Crippen molar-refractivity contribution in [3.05, 3.63) is 48.9 Å². The van der Waals surface area contributed by atoms with Gasteiger partial charge < -0.3 is 9.73 Å². The van der Waals surface area contributed by atoms with Crippen LogP contribution in [0.15, 0.2) is 58.6 Å². The number of nitrogens with one attached hydrogen (secondary N) is 1. The van der Waals surface area contributed by atoms with Crippen LogP contribution in [0.25, 0.3) is 11.5 Å². The van der Waals surface area contributed by atoms with Crippen LogP contribution in [0.5, 0.6) is 0 Å². The van der Waals surface area contributed by atoms with Crippen molar-refractivity contribution in [3.63, 3.8) is 0 Å². The molecule has 0 aliphatic rings. The second-order valence-electron chi connectivity index (χ2n) is 4.16. The van der Waals surface area contributed by atoms with Gasteiger partial charge in [-0.2, -0.15) is 0 Å². The maximum absolute atomic E-state index is 11.8. The van der Waals surface area contributed by atoms with E-state index in [-0.39, 0.29) is 11.7 Å². The van der Waals surface area contributed by atoms with Crippen LogP contribution in [0.1, 0.15) is 0 Å². The van der Waals surface area contributed by atoms with E-state index in [1.807, 2.05) is 0 Å². The van der Waals surface area contributed by atoms with Crippen LogP contribution in [-0.4, -0.2) is 31.8 Å². The quantitative estimate of drug-likeness (QED) is 0.722. The van der Waals surface area contributed by atoms with Crippen LogP contribution in [-0.2, 0) is 4.79 Å². The highest BCUT2D eigenvalue weighted by atomic mass is 32.2. The van der Waals surface area contributed by atoms with E-state index in [2.05, 4.69) is 25.5 Å². The molecule has 0 saturated carbocycles. The molecule has 0 atom stereocenters. The predicted molar refractivity (Wildman–Crippen MR) is 81.1 cm³/mol. The number of anilines is 1. The topological polar surface area (TPSA) is 93.8 Å². The van der Waals surface area contributed by atoms with Crippen LogP contribution in [0.2, 0.25) is 0 Å². The first-order valence-corrected chi connectivity index (χ1v) is 7.37. The van der Waals surface area contributed by atoms with Gasteiger partial charge in [-0.25, -0.2) is 4.98 Å². The minimum absolute atomic E-state index is 0.161. The van der Waals surface area contributed by atoms with E-state index in [9.17, 15) is 4.79 Å². The molecule has 0 fully saturated rings. The minimum atomic E-state index is -0.188. The number of thioether (sulfide) groups is 1. The van der Waals surface area contributed by atoms with E-state index in [4.69, 9.17) is 4.42 Å². The van der Waals surface area contributed by atoms with E-state index in [1.54, 1.807) is 48.9 Å². The molecule has 1 N–H and O–H groups in total. The summed E-state index contributed by atoms with van der Waals surface area (Å²) in [6, 6.07) is 8.85. The molecule has 8 heteroatoms. The first kappa shape index (κ1) is 14.2. The summed E-state index contributed by atoms with van der Waals surface area (Å²) in [7, 11) is 0. The molecule has 7 nitrogen and oxygen atoms in total. The van der Waals surface area contributed by atoms with Gasteiger partial charge in [0.25, 0.3) is 5.22 Å². The maximum atomic E-state index is 11.8. The van der Waals surface area contributed by atoms with Crippen LogP contribution < -0.4 is 5.32 Å². The number of nitrogens with zero attached hydrogens (tertiary/aromatic N) is 4. The second kappa shape index (κ2) is 6.81. The first-order chi connectivity index (χ1) is 10.8. The van der Waals surface area contributed by atoms with Crippen molar-refractivity contribution >= 4 is 23.5 Å². The number of carbonyl (C=O) groups excluding carboxylic acids is 1. The third-order valence-corrected chi connectivity index (χ3v) is 3.41. The molecule has 110 valence electrons. The average molecular weight is 313 g/mol. The number of pyridine rings is 2. The molecule has 3 rings (SSSR count). The highest BCUT2D eigenvalue weighted by molar-refractivity contribution is 7.99. The Kier molecular flexibility index (Phi) is 4.40. The fraction of sp³-hybridized carbons (Fsp3) is 0.0714.